The van der Waals surface area contributed by atoms with E-state index in [4.69, 9.17) is 5.73 Å². The maximum atomic E-state index is 13.6. The van der Waals surface area contributed by atoms with E-state index in [1.807, 2.05) is 0 Å². The average Bonchev–Trinajstić information content (AvgIpc) is 3.29. The van der Waals surface area contributed by atoms with E-state index in [1.54, 1.807) is 4.90 Å². The summed E-state index contributed by atoms with van der Waals surface area (Å²) in [6.45, 7) is 0.281. The summed E-state index contributed by atoms with van der Waals surface area (Å²) in [4.78, 5) is 29.9. The monoisotopic (exact) mass is 560 g/mol. The highest BCUT2D eigenvalue weighted by Gasteiger charge is 2.44. The number of hydrogen-bond acceptors (Lipinski definition) is 3. The minimum atomic E-state index is -5.07. The van der Waals surface area contributed by atoms with Gasteiger partial charge in [0.25, 0.3) is 0 Å². The third kappa shape index (κ3) is 5.97. The van der Waals surface area contributed by atoms with E-state index >= 15 is 0 Å². The molecule has 1 aliphatic heterocycles. The van der Waals surface area contributed by atoms with Crippen LogP contribution in [0.5, 0.6) is 0 Å². The van der Waals surface area contributed by atoms with Crippen molar-refractivity contribution in [2.45, 2.75) is 43.2 Å². The van der Waals surface area contributed by atoms with Gasteiger partial charge in [-0.1, -0.05) is 12.1 Å². The number of rotatable bonds is 4. The molecule has 39 heavy (non-hydrogen) atoms. The molecular formula is C26H27F7N4O2. The Hall–Kier alpha value is -3.35. The zero-order valence-corrected chi connectivity index (χ0v) is 21.1. The van der Waals surface area contributed by atoms with E-state index in [1.165, 1.54) is 36.2 Å². The first-order chi connectivity index (χ1) is 18.1. The van der Waals surface area contributed by atoms with E-state index < -0.39 is 53.0 Å². The molecule has 2 aliphatic rings. The molecule has 0 bridgehead atoms. The molecule has 212 valence electrons. The number of likely N-dealkylation sites (tertiary alicyclic amines) is 1. The van der Waals surface area contributed by atoms with Gasteiger partial charge in [0.1, 0.15) is 5.82 Å². The van der Waals surface area contributed by atoms with Crippen LogP contribution in [-0.2, 0) is 17.1 Å². The van der Waals surface area contributed by atoms with E-state index in [-0.39, 0.29) is 37.0 Å². The lowest BCUT2D eigenvalue weighted by atomic mass is 9.80. The van der Waals surface area contributed by atoms with E-state index in [0.29, 0.717) is 35.4 Å². The molecule has 0 radical (unpaired) electrons. The summed E-state index contributed by atoms with van der Waals surface area (Å²) in [5.74, 6) is -1.37. The predicted octanol–water partition coefficient (Wildman–Crippen LogP) is 5.08. The van der Waals surface area contributed by atoms with Crippen molar-refractivity contribution in [1.82, 2.24) is 9.80 Å². The summed E-state index contributed by atoms with van der Waals surface area (Å²) in [6.07, 6.45) is -9.10. The minimum Gasteiger partial charge on any atom is -0.340 e. The second-order valence-corrected chi connectivity index (χ2v) is 10.1. The summed E-state index contributed by atoms with van der Waals surface area (Å²) >= 11 is 0. The van der Waals surface area contributed by atoms with Gasteiger partial charge in [-0.15, -0.1) is 0 Å². The zero-order valence-electron chi connectivity index (χ0n) is 21.1. The number of alkyl halides is 6. The number of urea groups is 1. The van der Waals surface area contributed by atoms with E-state index in [2.05, 4.69) is 0 Å². The van der Waals surface area contributed by atoms with Crippen LogP contribution in [0.4, 0.5) is 41.2 Å². The number of anilines is 1. The van der Waals surface area contributed by atoms with Crippen LogP contribution in [0.2, 0.25) is 0 Å². The Balaban J connectivity index is 1.63. The summed E-state index contributed by atoms with van der Waals surface area (Å²) < 4.78 is 93.7. The summed E-state index contributed by atoms with van der Waals surface area (Å²) in [6, 6.07) is 4.81. The Morgan fingerprint density at radius 2 is 1.44 bits per heavy atom. The van der Waals surface area contributed by atoms with Crippen molar-refractivity contribution in [1.29, 1.82) is 0 Å². The van der Waals surface area contributed by atoms with Crippen molar-refractivity contribution in [3.05, 3.63) is 65.0 Å². The van der Waals surface area contributed by atoms with Crippen molar-refractivity contribution in [3.8, 4) is 0 Å². The van der Waals surface area contributed by atoms with Gasteiger partial charge in [-0.2, -0.15) is 26.3 Å². The van der Waals surface area contributed by atoms with Gasteiger partial charge in [0.05, 0.1) is 17.2 Å². The SMILES string of the molecule is CN(C(=O)N(C)[C@@H]1CN(C(=O)C2CC(N)C2)C[C@H]1c1ccc(F)cc1)c1cc(C(F)(F)F)cc(C(F)(F)F)c1. The third-order valence-electron chi connectivity index (χ3n) is 7.47. The normalized spacial score (nSPS) is 23.4. The number of likely N-dealkylation sites (N-methyl/N-ethyl adjacent to an activating group) is 1. The lowest BCUT2D eigenvalue weighted by Crippen LogP contribution is -2.49. The molecule has 6 nitrogen and oxygen atoms in total. The fraction of sp³-hybridized carbons (Fsp3) is 0.462. The fourth-order valence-corrected chi connectivity index (χ4v) is 5.14. The Kier molecular flexibility index (Phi) is 7.58. The van der Waals surface area contributed by atoms with Crippen molar-refractivity contribution in [2.24, 2.45) is 11.7 Å². The molecule has 1 heterocycles. The molecule has 1 saturated heterocycles. The summed E-state index contributed by atoms with van der Waals surface area (Å²) in [7, 11) is 2.44. The van der Waals surface area contributed by atoms with Crippen LogP contribution < -0.4 is 10.6 Å². The van der Waals surface area contributed by atoms with Crippen molar-refractivity contribution in [2.75, 3.05) is 32.1 Å². The molecule has 4 rings (SSSR count). The van der Waals surface area contributed by atoms with Crippen LogP contribution in [0.25, 0.3) is 0 Å². The second-order valence-electron chi connectivity index (χ2n) is 10.1. The molecular weight excluding hydrogens is 533 g/mol. The molecule has 0 spiro atoms. The van der Waals surface area contributed by atoms with Gasteiger partial charge in [-0.3, -0.25) is 9.69 Å². The third-order valence-corrected chi connectivity index (χ3v) is 7.47. The maximum Gasteiger partial charge on any atom is 0.416 e. The predicted molar refractivity (Wildman–Crippen MR) is 128 cm³/mol. The highest BCUT2D eigenvalue weighted by atomic mass is 19.4. The molecule has 2 fully saturated rings. The molecule has 1 saturated carbocycles. The van der Waals surface area contributed by atoms with E-state index in [0.717, 1.165) is 7.05 Å². The van der Waals surface area contributed by atoms with Gasteiger partial charge < -0.3 is 15.5 Å². The topological polar surface area (TPSA) is 69.9 Å². The van der Waals surface area contributed by atoms with Crippen molar-refractivity contribution >= 4 is 17.6 Å². The first-order valence-electron chi connectivity index (χ1n) is 12.2. The Bertz CT molecular complexity index is 1190. The number of carbonyl (C=O) groups is 2. The largest absolute Gasteiger partial charge is 0.416 e. The Morgan fingerprint density at radius 3 is 1.92 bits per heavy atom. The lowest BCUT2D eigenvalue weighted by Gasteiger charge is -2.35. The van der Waals surface area contributed by atoms with Crippen LogP contribution in [0.3, 0.4) is 0 Å². The standard InChI is InChI=1S/C26H27F7N4O2/c1-35(20-10-16(25(28,29)30)9-17(11-20)26(31,32)33)24(39)36(2)22-13-37(23(38)15-7-19(34)8-15)12-21(22)14-3-5-18(27)6-4-14/h3-6,9-11,15,19,21-22H,7-8,12-13,34H2,1-2H3/t15?,19?,21-,22+/m0/s1. The molecule has 13 heteroatoms. The molecule has 0 unspecified atom stereocenters. The second kappa shape index (κ2) is 10.3. The van der Waals surface area contributed by atoms with Gasteiger partial charge in [0, 0.05) is 50.7 Å². The molecule has 3 amide bonds. The number of nitrogens with zero attached hydrogens (tertiary/aromatic N) is 3. The van der Waals surface area contributed by atoms with Gasteiger partial charge in [0.15, 0.2) is 0 Å². The summed E-state index contributed by atoms with van der Waals surface area (Å²) in [5.41, 5.74) is 2.75. The maximum absolute atomic E-state index is 13.6. The lowest BCUT2D eigenvalue weighted by molar-refractivity contribution is -0.143. The van der Waals surface area contributed by atoms with Gasteiger partial charge in [-0.25, -0.2) is 9.18 Å². The van der Waals surface area contributed by atoms with Crippen LogP contribution in [0, 0.1) is 11.7 Å². The van der Waals surface area contributed by atoms with Gasteiger partial charge in [-0.05, 0) is 48.7 Å². The molecule has 2 atom stereocenters. The van der Waals surface area contributed by atoms with Crippen LogP contribution in [0.1, 0.15) is 35.4 Å². The number of nitrogens with two attached hydrogens (primary N) is 1. The average molecular weight is 561 g/mol. The molecule has 1 aliphatic carbocycles. The number of amides is 3. The smallest absolute Gasteiger partial charge is 0.340 e. The number of benzene rings is 2. The number of carbonyl (C=O) groups excluding carboxylic acids is 2. The first kappa shape index (κ1) is 28.7. The van der Waals surface area contributed by atoms with Gasteiger partial charge in [0.2, 0.25) is 5.91 Å². The Labute approximate surface area is 220 Å². The van der Waals surface area contributed by atoms with Crippen LogP contribution in [0.15, 0.2) is 42.5 Å². The number of hydrogen-bond donors (Lipinski definition) is 1. The van der Waals surface area contributed by atoms with Crippen LogP contribution in [-0.4, -0.2) is 61.0 Å². The minimum absolute atomic E-state index is 0.0110. The number of halogens is 7. The van der Waals surface area contributed by atoms with Crippen molar-refractivity contribution < 1.29 is 40.3 Å². The summed E-state index contributed by atoms with van der Waals surface area (Å²) in [5, 5.41) is 0. The molecule has 2 aromatic rings. The van der Waals surface area contributed by atoms with Crippen molar-refractivity contribution in [3.63, 3.8) is 0 Å². The quantitative estimate of drug-likeness (QED) is 0.531. The fourth-order valence-electron chi connectivity index (χ4n) is 5.14. The zero-order chi connectivity index (χ0) is 28.9. The highest BCUT2D eigenvalue weighted by molar-refractivity contribution is 5.92. The van der Waals surface area contributed by atoms with E-state index in [9.17, 15) is 40.3 Å². The van der Waals surface area contributed by atoms with Crippen LogP contribution >= 0.6 is 0 Å². The van der Waals surface area contributed by atoms with Gasteiger partial charge >= 0.3 is 18.4 Å². The first-order valence-corrected chi connectivity index (χ1v) is 12.2. The molecule has 2 N–H and O–H groups in total. The highest BCUT2D eigenvalue weighted by Crippen LogP contribution is 2.39. The molecule has 0 aromatic heterocycles. The Morgan fingerprint density at radius 1 is 0.897 bits per heavy atom. The molecule has 2 aromatic carbocycles.